The molecule has 4 heteroatoms. The third kappa shape index (κ3) is 7.10. The molecule has 1 rings (SSSR count). The number of aromatic nitrogens is 2. The fraction of sp³-hybridized carbons (Fsp3) is 0.643. The molecule has 0 amide bonds. The van der Waals surface area contributed by atoms with Gasteiger partial charge in [0.1, 0.15) is 0 Å². The first-order valence-corrected chi connectivity index (χ1v) is 6.51. The van der Waals surface area contributed by atoms with Gasteiger partial charge in [0.25, 0.3) is 0 Å². The van der Waals surface area contributed by atoms with Crippen molar-refractivity contribution in [3.05, 3.63) is 18.7 Å². The first-order chi connectivity index (χ1) is 8.83. The van der Waals surface area contributed by atoms with E-state index in [1.807, 2.05) is 19.4 Å². The van der Waals surface area contributed by atoms with Crippen LogP contribution in [-0.2, 0) is 11.3 Å². The van der Waals surface area contributed by atoms with Crippen molar-refractivity contribution in [1.29, 1.82) is 0 Å². The van der Waals surface area contributed by atoms with Crippen LogP contribution >= 0.6 is 0 Å². The van der Waals surface area contributed by atoms with E-state index in [0.29, 0.717) is 6.61 Å². The molecule has 0 fully saturated rings. The zero-order valence-corrected chi connectivity index (χ0v) is 11.1. The van der Waals surface area contributed by atoms with Crippen LogP contribution in [-0.4, -0.2) is 28.8 Å². The van der Waals surface area contributed by atoms with Crippen molar-refractivity contribution in [2.24, 2.45) is 5.73 Å². The Morgan fingerprint density at radius 2 is 2.28 bits per heavy atom. The van der Waals surface area contributed by atoms with Crippen LogP contribution in [0.1, 0.15) is 32.6 Å². The molecule has 0 aliphatic heterocycles. The number of hydrogen-bond acceptors (Lipinski definition) is 3. The van der Waals surface area contributed by atoms with Gasteiger partial charge in [0, 0.05) is 38.0 Å². The zero-order valence-electron chi connectivity index (χ0n) is 11.1. The minimum absolute atomic E-state index is 0.228. The minimum atomic E-state index is 0.228. The third-order valence-electron chi connectivity index (χ3n) is 2.73. The summed E-state index contributed by atoms with van der Waals surface area (Å²) in [6, 6.07) is 0.228. The Morgan fingerprint density at radius 3 is 3.00 bits per heavy atom. The van der Waals surface area contributed by atoms with Gasteiger partial charge in [-0.05, 0) is 26.2 Å². The quantitative estimate of drug-likeness (QED) is 0.536. The Balaban J connectivity index is 1.93. The molecule has 1 unspecified atom stereocenters. The summed E-state index contributed by atoms with van der Waals surface area (Å²) in [5, 5.41) is 0. The third-order valence-corrected chi connectivity index (χ3v) is 2.73. The molecule has 1 aromatic rings. The van der Waals surface area contributed by atoms with Gasteiger partial charge >= 0.3 is 0 Å². The van der Waals surface area contributed by atoms with Crippen molar-refractivity contribution in [3.8, 4) is 11.8 Å². The predicted molar refractivity (Wildman–Crippen MR) is 72.9 cm³/mol. The second-order valence-corrected chi connectivity index (χ2v) is 4.28. The Kier molecular flexibility index (Phi) is 7.94. The first-order valence-electron chi connectivity index (χ1n) is 6.51. The molecule has 0 saturated heterocycles. The first kappa shape index (κ1) is 14.7. The van der Waals surface area contributed by atoms with Gasteiger partial charge in [0.2, 0.25) is 0 Å². The van der Waals surface area contributed by atoms with Gasteiger partial charge in [-0.3, -0.25) is 0 Å². The van der Waals surface area contributed by atoms with E-state index in [1.54, 1.807) is 6.20 Å². The molecule has 18 heavy (non-hydrogen) atoms. The van der Waals surface area contributed by atoms with Crippen LogP contribution in [0.5, 0.6) is 0 Å². The van der Waals surface area contributed by atoms with Crippen LogP contribution in [0.4, 0.5) is 0 Å². The van der Waals surface area contributed by atoms with Gasteiger partial charge < -0.3 is 15.0 Å². The molecule has 0 radical (unpaired) electrons. The SMILES string of the molecule is CC#CCCOCCC(N)CCCn1ccnc1. The fourth-order valence-electron chi connectivity index (χ4n) is 1.68. The summed E-state index contributed by atoms with van der Waals surface area (Å²) in [4.78, 5) is 4.01. The molecule has 1 atom stereocenters. The van der Waals surface area contributed by atoms with E-state index in [9.17, 15) is 0 Å². The number of ether oxygens (including phenoxy) is 1. The molecule has 1 heterocycles. The monoisotopic (exact) mass is 249 g/mol. The van der Waals surface area contributed by atoms with E-state index >= 15 is 0 Å². The van der Waals surface area contributed by atoms with E-state index in [0.717, 1.165) is 38.8 Å². The van der Waals surface area contributed by atoms with Crippen molar-refractivity contribution in [1.82, 2.24) is 9.55 Å². The molecule has 0 saturated carbocycles. The molecular formula is C14H23N3O. The van der Waals surface area contributed by atoms with Crippen LogP contribution < -0.4 is 5.73 Å². The number of rotatable bonds is 9. The summed E-state index contributed by atoms with van der Waals surface area (Å²) >= 11 is 0. The number of nitrogens with zero attached hydrogens (tertiary/aromatic N) is 2. The maximum absolute atomic E-state index is 6.02. The highest BCUT2D eigenvalue weighted by Crippen LogP contribution is 2.02. The zero-order chi connectivity index (χ0) is 13.1. The van der Waals surface area contributed by atoms with Gasteiger partial charge in [-0.25, -0.2) is 4.98 Å². The number of imidazole rings is 1. The maximum atomic E-state index is 6.02. The van der Waals surface area contributed by atoms with Gasteiger partial charge in [-0.1, -0.05) is 0 Å². The van der Waals surface area contributed by atoms with Crippen molar-refractivity contribution in [2.75, 3.05) is 13.2 Å². The highest BCUT2D eigenvalue weighted by atomic mass is 16.5. The Labute approximate surface area is 110 Å². The van der Waals surface area contributed by atoms with Crippen molar-refractivity contribution in [2.45, 2.75) is 45.2 Å². The minimum Gasteiger partial charge on any atom is -0.380 e. The smallest absolute Gasteiger partial charge is 0.0945 e. The molecular weight excluding hydrogens is 226 g/mol. The molecule has 0 aromatic carbocycles. The second kappa shape index (κ2) is 9.69. The molecule has 1 aromatic heterocycles. The summed E-state index contributed by atoms with van der Waals surface area (Å²) in [6.07, 6.45) is 9.45. The van der Waals surface area contributed by atoms with Crippen molar-refractivity contribution < 1.29 is 4.74 Å². The topological polar surface area (TPSA) is 53.1 Å². The fourth-order valence-corrected chi connectivity index (χ4v) is 1.68. The Bertz CT molecular complexity index is 351. The van der Waals surface area contributed by atoms with E-state index in [1.165, 1.54) is 0 Å². The summed E-state index contributed by atoms with van der Waals surface area (Å²) in [6.45, 7) is 4.27. The van der Waals surface area contributed by atoms with Crippen molar-refractivity contribution >= 4 is 0 Å². The predicted octanol–water partition coefficient (Wildman–Crippen LogP) is 1.81. The highest BCUT2D eigenvalue weighted by molar-refractivity contribution is 4.94. The van der Waals surface area contributed by atoms with E-state index in [-0.39, 0.29) is 6.04 Å². The summed E-state index contributed by atoms with van der Waals surface area (Å²) in [5.41, 5.74) is 6.02. The van der Waals surface area contributed by atoms with Gasteiger partial charge in [-0.15, -0.1) is 11.8 Å². The van der Waals surface area contributed by atoms with Crippen molar-refractivity contribution in [3.63, 3.8) is 0 Å². The Morgan fingerprint density at radius 1 is 1.39 bits per heavy atom. The lowest BCUT2D eigenvalue weighted by molar-refractivity contribution is 0.131. The summed E-state index contributed by atoms with van der Waals surface area (Å²) in [7, 11) is 0. The number of aryl methyl sites for hydroxylation is 1. The van der Waals surface area contributed by atoms with Gasteiger partial charge in [-0.2, -0.15) is 0 Å². The molecule has 100 valence electrons. The number of nitrogens with two attached hydrogens (primary N) is 1. The second-order valence-electron chi connectivity index (χ2n) is 4.28. The lowest BCUT2D eigenvalue weighted by Gasteiger charge is -2.11. The van der Waals surface area contributed by atoms with Gasteiger partial charge in [0.15, 0.2) is 0 Å². The Hall–Kier alpha value is -1.31. The van der Waals surface area contributed by atoms with Crippen LogP contribution in [0, 0.1) is 11.8 Å². The van der Waals surface area contributed by atoms with E-state index in [4.69, 9.17) is 10.5 Å². The van der Waals surface area contributed by atoms with Crippen LogP contribution in [0.25, 0.3) is 0 Å². The van der Waals surface area contributed by atoms with Gasteiger partial charge in [0.05, 0.1) is 12.9 Å². The molecule has 2 N–H and O–H groups in total. The molecule has 0 aliphatic rings. The molecule has 0 bridgehead atoms. The lowest BCUT2D eigenvalue weighted by atomic mass is 10.1. The van der Waals surface area contributed by atoms with E-state index in [2.05, 4.69) is 21.4 Å². The number of hydrogen-bond donors (Lipinski definition) is 1. The maximum Gasteiger partial charge on any atom is 0.0945 e. The molecule has 0 spiro atoms. The standard InChI is InChI=1S/C14H23N3O/c1-2-3-4-11-18-12-7-14(15)6-5-9-17-10-8-16-13-17/h8,10,13-14H,4-7,9,11-12,15H2,1H3. The molecule has 0 aliphatic carbocycles. The van der Waals surface area contributed by atoms with Crippen LogP contribution in [0.3, 0.4) is 0 Å². The lowest BCUT2D eigenvalue weighted by Crippen LogP contribution is -2.22. The highest BCUT2D eigenvalue weighted by Gasteiger charge is 2.02. The normalized spacial score (nSPS) is 11.9. The molecule has 4 nitrogen and oxygen atoms in total. The average molecular weight is 249 g/mol. The van der Waals surface area contributed by atoms with Crippen LogP contribution in [0.15, 0.2) is 18.7 Å². The van der Waals surface area contributed by atoms with Crippen LogP contribution in [0.2, 0.25) is 0 Å². The van der Waals surface area contributed by atoms with E-state index < -0.39 is 0 Å². The summed E-state index contributed by atoms with van der Waals surface area (Å²) in [5.74, 6) is 5.82. The largest absolute Gasteiger partial charge is 0.380 e. The summed E-state index contributed by atoms with van der Waals surface area (Å²) < 4.78 is 7.54. The average Bonchev–Trinajstić information content (AvgIpc) is 2.87.